The van der Waals surface area contributed by atoms with E-state index in [1.807, 2.05) is 0 Å². The quantitative estimate of drug-likeness (QED) is 0.248. The minimum atomic E-state index is -0.752. The van der Waals surface area contributed by atoms with Crippen LogP contribution in [0.15, 0.2) is 82.5 Å². The number of non-ortho nitro benzene ring substituents is 1. The first kappa shape index (κ1) is 21.1. The standard InChI is InChI=1S/C21H16N4O6/c26-18(14-5-2-1-3-6-14)13-17(23-24-21(28)19-7-4-12-31-19)20(27)22-15-8-10-16(11-9-15)25(29)30/h1-12H,13H2,(H,22,27)(H,24,28). The molecule has 0 saturated heterocycles. The highest BCUT2D eigenvalue weighted by Crippen LogP contribution is 2.16. The number of furan rings is 1. The van der Waals surface area contributed by atoms with Crippen LogP contribution in [0.5, 0.6) is 0 Å². The summed E-state index contributed by atoms with van der Waals surface area (Å²) in [6.07, 6.45) is 0.918. The average molecular weight is 420 g/mol. The summed E-state index contributed by atoms with van der Waals surface area (Å²) in [7, 11) is 0. The Kier molecular flexibility index (Phi) is 6.64. The predicted octanol–water partition coefficient (Wildman–Crippen LogP) is 3.19. The molecule has 0 bridgehead atoms. The maximum atomic E-state index is 12.7. The number of anilines is 1. The first-order chi connectivity index (χ1) is 14.9. The molecule has 2 amide bonds. The summed E-state index contributed by atoms with van der Waals surface area (Å²) in [5.74, 6) is -1.85. The van der Waals surface area contributed by atoms with E-state index < -0.39 is 16.7 Å². The predicted molar refractivity (Wildman–Crippen MR) is 111 cm³/mol. The molecule has 3 aromatic rings. The second kappa shape index (κ2) is 9.74. The van der Waals surface area contributed by atoms with Gasteiger partial charge < -0.3 is 9.73 Å². The Morgan fingerprint density at radius 3 is 2.29 bits per heavy atom. The number of nitro benzene ring substituents is 1. The summed E-state index contributed by atoms with van der Waals surface area (Å²) in [6, 6.07) is 16.3. The number of nitrogens with zero attached hydrogens (tertiary/aromatic N) is 2. The number of amides is 2. The fourth-order valence-corrected chi connectivity index (χ4v) is 2.50. The summed E-state index contributed by atoms with van der Waals surface area (Å²) in [6.45, 7) is 0. The van der Waals surface area contributed by atoms with Crippen molar-refractivity contribution in [3.63, 3.8) is 0 Å². The van der Waals surface area contributed by atoms with E-state index >= 15 is 0 Å². The second-order valence-electron chi connectivity index (χ2n) is 6.20. The van der Waals surface area contributed by atoms with E-state index in [1.54, 1.807) is 30.3 Å². The van der Waals surface area contributed by atoms with Crippen molar-refractivity contribution in [3.05, 3.63) is 94.4 Å². The van der Waals surface area contributed by atoms with Crippen molar-refractivity contribution in [3.8, 4) is 0 Å². The van der Waals surface area contributed by atoms with Crippen molar-refractivity contribution in [1.82, 2.24) is 5.43 Å². The lowest BCUT2D eigenvalue weighted by Crippen LogP contribution is -2.29. The SMILES string of the molecule is O=C(Nc1ccc([N+](=O)[O-])cc1)C(CC(=O)c1ccccc1)=NNC(=O)c1ccco1. The van der Waals surface area contributed by atoms with Gasteiger partial charge in [-0.25, -0.2) is 5.43 Å². The zero-order valence-electron chi connectivity index (χ0n) is 16.0. The van der Waals surface area contributed by atoms with Gasteiger partial charge in [-0.1, -0.05) is 30.3 Å². The van der Waals surface area contributed by atoms with Gasteiger partial charge in [-0.2, -0.15) is 5.10 Å². The number of carbonyl (C=O) groups is 3. The van der Waals surface area contributed by atoms with E-state index in [-0.39, 0.29) is 35.1 Å². The molecule has 0 aliphatic carbocycles. The van der Waals surface area contributed by atoms with Gasteiger partial charge in [0.1, 0.15) is 5.71 Å². The van der Waals surface area contributed by atoms with Crippen LogP contribution in [0.2, 0.25) is 0 Å². The van der Waals surface area contributed by atoms with Gasteiger partial charge >= 0.3 is 5.91 Å². The van der Waals surface area contributed by atoms with Gasteiger partial charge in [0, 0.05) is 23.4 Å². The van der Waals surface area contributed by atoms with Crippen molar-refractivity contribution in [2.75, 3.05) is 5.32 Å². The lowest BCUT2D eigenvalue weighted by molar-refractivity contribution is -0.384. The zero-order chi connectivity index (χ0) is 22.2. The molecule has 1 aromatic heterocycles. The Morgan fingerprint density at radius 2 is 1.68 bits per heavy atom. The van der Waals surface area contributed by atoms with Crippen LogP contribution in [0.1, 0.15) is 27.3 Å². The number of carbonyl (C=O) groups excluding carboxylic acids is 3. The van der Waals surface area contributed by atoms with E-state index in [4.69, 9.17) is 4.42 Å². The van der Waals surface area contributed by atoms with Gasteiger partial charge in [0.25, 0.3) is 11.6 Å². The molecule has 3 rings (SSSR count). The highest BCUT2D eigenvalue weighted by molar-refractivity contribution is 6.46. The molecular formula is C21H16N4O6. The van der Waals surface area contributed by atoms with Gasteiger partial charge in [-0.3, -0.25) is 24.5 Å². The maximum absolute atomic E-state index is 12.7. The van der Waals surface area contributed by atoms with Gasteiger partial charge in [0.15, 0.2) is 11.5 Å². The Labute approximate surface area is 175 Å². The van der Waals surface area contributed by atoms with Gasteiger partial charge in [-0.15, -0.1) is 0 Å². The topological polar surface area (TPSA) is 144 Å². The van der Waals surface area contributed by atoms with Crippen molar-refractivity contribution < 1.29 is 23.7 Å². The molecule has 0 atom stereocenters. The van der Waals surface area contributed by atoms with E-state index in [0.29, 0.717) is 5.56 Å². The molecule has 2 aromatic carbocycles. The Bertz CT molecular complexity index is 1120. The zero-order valence-corrected chi connectivity index (χ0v) is 16.0. The number of benzene rings is 2. The third-order valence-electron chi connectivity index (χ3n) is 4.06. The molecular weight excluding hydrogens is 404 g/mol. The summed E-state index contributed by atoms with van der Waals surface area (Å²) >= 11 is 0. The Hall–Kier alpha value is -4.60. The molecule has 1 heterocycles. The third-order valence-corrected chi connectivity index (χ3v) is 4.06. The molecule has 0 spiro atoms. The number of rotatable bonds is 8. The molecule has 0 saturated carbocycles. The molecule has 0 aliphatic heterocycles. The van der Waals surface area contributed by atoms with Crippen molar-refractivity contribution in [1.29, 1.82) is 0 Å². The van der Waals surface area contributed by atoms with Gasteiger partial charge in [0.05, 0.1) is 17.6 Å². The van der Waals surface area contributed by atoms with Crippen molar-refractivity contribution in [2.45, 2.75) is 6.42 Å². The fraction of sp³-hybridized carbons (Fsp3) is 0.0476. The second-order valence-corrected chi connectivity index (χ2v) is 6.20. The van der Waals surface area contributed by atoms with Gasteiger partial charge in [-0.05, 0) is 24.3 Å². The first-order valence-corrected chi connectivity index (χ1v) is 8.98. The fourth-order valence-electron chi connectivity index (χ4n) is 2.50. The number of nitro groups is 1. The van der Waals surface area contributed by atoms with Crippen LogP contribution in [0.3, 0.4) is 0 Å². The van der Waals surface area contributed by atoms with Crippen LogP contribution in [0, 0.1) is 10.1 Å². The van der Waals surface area contributed by atoms with Crippen LogP contribution < -0.4 is 10.7 Å². The maximum Gasteiger partial charge on any atom is 0.307 e. The van der Waals surface area contributed by atoms with Crippen molar-refractivity contribution >= 4 is 34.7 Å². The van der Waals surface area contributed by atoms with Crippen LogP contribution >= 0.6 is 0 Å². The van der Waals surface area contributed by atoms with Crippen LogP contribution in [0.4, 0.5) is 11.4 Å². The molecule has 10 heteroatoms. The minimum absolute atomic E-state index is 0.0201. The average Bonchev–Trinajstić information content (AvgIpc) is 3.32. The van der Waals surface area contributed by atoms with Crippen LogP contribution in [-0.4, -0.2) is 28.2 Å². The number of hydrogen-bond acceptors (Lipinski definition) is 7. The van der Waals surface area contributed by atoms with Crippen LogP contribution in [-0.2, 0) is 4.79 Å². The van der Waals surface area contributed by atoms with E-state index in [0.717, 1.165) is 0 Å². The number of hydrazone groups is 1. The summed E-state index contributed by atoms with van der Waals surface area (Å²) in [5.41, 5.74) is 2.41. The molecule has 10 nitrogen and oxygen atoms in total. The lowest BCUT2D eigenvalue weighted by Gasteiger charge is -2.08. The summed E-state index contributed by atoms with van der Waals surface area (Å²) in [4.78, 5) is 47.5. The van der Waals surface area contributed by atoms with Crippen molar-refractivity contribution in [2.24, 2.45) is 5.10 Å². The normalized spacial score (nSPS) is 10.9. The molecule has 0 unspecified atom stereocenters. The van der Waals surface area contributed by atoms with E-state index in [2.05, 4.69) is 15.8 Å². The van der Waals surface area contributed by atoms with Crippen LogP contribution in [0.25, 0.3) is 0 Å². The smallest absolute Gasteiger partial charge is 0.307 e. The van der Waals surface area contributed by atoms with E-state index in [9.17, 15) is 24.5 Å². The minimum Gasteiger partial charge on any atom is -0.459 e. The highest BCUT2D eigenvalue weighted by Gasteiger charge is 2.19. The molecule has 2 N–H and O–H groups in total. The summed E-state index contributed by atoms with van der Waals surface area (Å²) in [5, 5.41) is 17.1. The van der Waals surface area contributed by atoms with E-state index in [1.165, 1.54) is 42.7 Å². The Morgan fingerprint density at radius 1 is 0.968 bits per heavy atom. The first-order valence-electron chi connectivity index (χ1n) is 8.98. The molecule has 31 heavy (non-hydrogen) atoms. The number of hydrogen-bond donors (Lipinski definition) is 2. The summed E-state index contributed by atoms with van der Waals surface area (Å²) < 4.78 is 4.96. The molecule has 0 aliphatic rings. The largest absolute Gasteiger partial charge is 0.459 e. The third kappa shape index (κ3) is 5.70. The monoisotopic (exact) mass is 420 g/mol. The number of ketones is 1. The number of Topliss-reactive ketones (excluding diaryl/α,β-unsaturated/α-hetero) is 1. The molecule has 0 radical (unpaired) electrons. The molecule has 156 valence electrons. The highest BCUT2D eigenvalue weighted by atomic mass is 16.6. The van der Waals surface area contributed by atoms with Gasteiger partial charge in [0.2, 0.25) is 0 Å². The number of nitrogens with one attached hydrogen (secondary N) is 2. The molecule has 0 fully saturated rings. The Balaban J connectivity index is 1.78. The lowest BCUT2D eigenvalue weighted by atomic mass is 10.1.